The Labute approximate surface area is 73.3 Å². The average Bonchev–Trinajstić information content (AvgIpc) is 2.15. The molecule has 1 aliphatic carbocycles. The zero-order valence-electron chi connectivity index (χ0n) is 7.38. The van der Waals surface area contributed by atoms with Crippen LogP contribution >= 0.6 is 0 Å². The van der Waals surface area contributed by atoms with E-state index >= 15 is 0 Å². The Morgan fingerprint density at radius 3 is 3.17 bits per heavy atom. The first kappa shape index (κ1) is 9.07. The van der Waals surface area contributed by atoms with Crippen molar-refractivity contribution in [3.8, 4) is 0 Å². The third-order valence-electron chi connectivity index (χ3n) is 1.83. The van der Waals surface area contributed by atoms with Gasteiger partial charge >= 0.3 is 0 Å². The van der Waals surface area contributed by atoms with Gasteiger partial charge in [0.25, 0.3) is 0 Å². The predicted octanol–water partition coefficient (Wildman–Crippen LogP) is 1.36. The second-order valence-electron chi connectivity index (χ2n) is 2.71. The smallest absolute Gasteiger partial charge is 0.0685 e. The molecular weight excluding hydrogens is 150 g/mol. The molecule has 0 fully saturated rings. The highest BCUT2D eigenvalue weighted by atomic mass is 16.3. The molecule has 1 aliphatic rings. The van der Waals surface area contributed by atoms with Gasteiger partial charge in [-0.25, -0.2) is 0 Å². The van der Waals surface area contributed by atoms with Crippen LogP contribution in [0.25, 0.3) is 0 Å². The molecule has 0 atom stereocenters. The number of rotatable bonds is 3. The van der Waals surface area contributed by atoms with Crippen molar-refractivity contribution in [3.05, 3.63) is 35.6 Å². The van der Waals surface area contributed by atoms with Gasteiger partial charge in [-0.1, -0.05) is 18.2 Å². The maximum Gasteiger partial charge on any atom is 0.0685 e. The molecule has 12 heavy (non-hydrogen) atoms. The summed E-state index contributed by atoms with van der Waals surface area (Å²) in [5.41, 5.74) is 2.19. The fourth-order valence-corrected chi connectivity index (χ4v) is 1.15. The van der Waals surface area contributed by atoms with E-state index in [9.17, 15) is 0 Å². The van der Waals surface area contributed by atoms with Crippen LogP contribution in [0.15, 0.2) is 35.6 Å². The third kappa shape index (κ3) is 2.24. The molecule has 1 rings (SSSR count). The van der Waals surface area contributed by atoms with Gasteiger partial charge < -0.3 is 10.4 Å². The molecular formula is C10H15NO. The molecule has 0 spiro atoms. The monoisotopic (exact) mass is 165 g/mol. The summed E-state index contributed by atoms with van der Waals surface area (Å²) < 4.78 is 0. The lowest BCUT2D eigenvalue weighted by molar-refractivity contribution is 0.332. The lowest BCUT2D eigenvalue weighted by atomic mass is 10.00. The summed E-state index contributed by atoms with van der Waals surface area (Å²) in [6, 6.07) is 0. The molecule has 0 aromatic carbocycles. The van der Waals surface area contributed by atoms with Crippen LogP contribution in [0, 0.1) is 0 Å². The van der Waals surface area contributed by atoms with Crippen molar-refractivity contribution in [3.63, 3.8) is 0 Å². The van der Waals surface area contributed by atoms with Crippen molar-refractivity contribution in [2.24, 2.45) is 0 Å². The minimum absolute atomic E-state index is 0.127. The van der Waals surface area contributed by atoms with Gasteiger partial charge in [-0.15, -0.1) is 0 Å². The number of allylic oxidation sites excluding steroid dienone is 3. The zero-order valence-corrected chi connectivity index (χ0v) is 7.38. The standard InChI is InChI=1S/C10H15NO/c1-2-11-7-9-5-3-4-6-10(9)8-12/h3-4,6-7,11-12H,2,5,8H2,1H3/b9-7+. The zero-order chi connectivity index (χ0) is 8.81. The second kappa shape index (κ2) is 4.78. The van der Waals surface area contributed by atoms with Crippen LogP contribution in [0.3, 0.4) is 0 Å². The average molecular weight is 165 g/mol. The Balaban J connectivity index is 2.65. The van der Waals surface area contributed by atoms with Gasteiger partial charge in [0.2, 0.25) is 0 Å². The topological polar surface area (TPSA) is 32.3 Å². The largest absolute Gasteiger partial charge is 0.392 e. The van der Waals surface area contributed by atoms with Crippen molar-refractivity contribution in [2.75, 3.05) is 13.2 Å². The lowest BCUT2D eigenvalue weighted by Crippen LogP contribution is -2.07. The van der Waals surface area contributed by atoms with Crippen molar-refractivity contribution in [1.29, 1.82) is 0 Å². The third-order valence-corrected chi connectivity index (χ3v) is 1.83. The normalized spacial score (nSPS) is 19.5. The summed E-state index contributed by atoms with van der Waals surface area (Å²) in [6.45, 7) is 3.10. The Kier molecular flexibility index (Phi) is 3.61. The van der Waals surface area contributed by atoms with Crippen LogP contribution in [0.2, 0.25) is 0 Å². The summed E-state index contributed by atoms with van der Waals surface area (Å²) >= 11 is 0. The van der Waals surface area contributed by atoms with E-state index < -0.39 is 0 Å². The molecule has 2 N–H and O–H groups in total. The summed E-state index contributed by atoms with van der Waals surface area (Å²) in [4.78, 5) is 0. The molecule has 0 bridgehead atoms. The first-order valence-electron chi connectivity index (χ1n) is 4.27. The summed E-state index contributed by atoms with van der Waals surface area (Å²) in [6.07, 6.45) is 8.91. The van der Waals surface area contributed by atoms with E-state index in [1.54, 1.807) is 0 Å². The molecule has 0 aromatic rings. The Morgan fingerprint density at radius 2 is 2.50 bits per heavy atom. The van der Waals surface area contributed by atoms with Gasteiger partial charge in [0.15, 0.2) is 0 Å². The van der Waals surface area contributed by atoms with Gasteiger partial charge in [0, 0.05) is 12.7 Å². The Bertz CT molecular complexity index is 226. The molecule has 0 aliphatic heterocycles. The molecule has 0 saturated heterocycles. The van der Waals surface area contributed by atoms with Crippen LogP contribution in [-0.2, 0) is 0 Å². The van der Waals surface area contributed by atoms with E-state index in [-0.39, 0.29) is 6.61 Å². The lowest BCUT2D eigenvalue weighted by Gasteiger charge is -2.11. The van der Waals surface area contributed by atoms with E-state index in [1.165, 1.54) is 5.57 Å². The van der Waals surface area contributed by atoms with Crippen LogP contribution in [-0.4, -0.2) is 18.3 Å². The van der Waals surface area contributed by atoms with E-state index in [0.29, 0.717) is 0 Å². The summed E-state index contributed by atoms with van der Waals surface area (Å²) in [7, 11) is 0. The van der Waals surface area contributed by atoms with Crippen molar-refractivity contribution < 1.29 is 5.11 Å². The second-order valence-corrected chi connectivity index (χ2v) is 2.71. The molecule has 0 aromatic heterocycles. The molecule has 2 heteroatoms. The van der Waals surface area contributed by atoms with Crippen molar-refractivity contribution >= 4 is 0 Å². The highest BCUT2D eigenvalue weighted by molar-refractivity contribution is 5.38. The van der Waals surface area contributed by atoms with E-state index in [1.807, 2.05) is 18.4 Å². The summed E-state index contributed by atoms with van der Waals surface area (Å²) in [5.74, 6) is 0. The van der Waals surface area contributed by atoms with Crippen LogP contribution in [0.4, 0.5) is 0 Å². The number of hydrogen-bond donors (Lipinski definition) is 2. The van der Waals surface area contributed by atoms with Crippen molar-refractivity contribution in [2.45, 2.75) is 13.3 Å². The molecule has 0 saturated carbocycles. The van der Waals surface area contributed by atoms with E-state index in [4.69, 9.17) is 5.11 Å². The highest BCUT2D eigenvalue weighted by Gasteiger charge is 2.04. The molecule has 0 heterocycles. The first-order valence-corrected chi connectivity index (χ1v) is 4.27. The SMILES string of the molecule is CCN/C=C1\CC=CC=C1CO. The fourth-order valence-electron chi connectivity index (χ4n) is 1.15. The van der Waals surface area contributed by atoms with Crippen LogP contribution in [0.5, 0.6) is 0 Å². The van der Waals surface area contributed by atoms with E-state index in [2.05, 4.69) is 18.3 Å². The van der Waals surface area contributed by atoms with Crippen molar-refractivity contribution in [1.82, 2.24) is 5.32 Å². The van der Waals surface area contributed by atoms with Gasteiger partial charge in [-0.2, -0.15) is 0 Å². The fraction of sp³-hybridized carbons (Fsp3) is 0.400. The Morgan fingerprint density at radius 1 is 1.67 bits per heavy atom. The first-order chi connectivity index (χ1) is 5.88. The highest BCUT2D eigenvalue weighted by Crippen LogP contribution is 2.17. The maximum absolute atomic E-state index is 8.99. The Hall–Kier alpha value is -1.02. The number of hydrogen-bond acceptors (Lipinski definition) is 2. The van der Waals surface area contributed by atoms with Gasteiger partial charge in [-0.05, 0) is 24.5 Å². The van der Waals surface area contributed by atoms with Gasteiger partial charge in [0.05, 0.1) is 6.61 Å². The van der Waals surface area contributed by atoms with Gasteiger partial charge in [0.1, 0.15) is 0 Å². The van der Waals surface area contributed by atoms with E-state index in [0.717, 1.165) is 18.5 Å². The van der Waals surface area contributed by atoms with Crippen LogP contribution < -0.4 is 5.32 Å². The number of nitrogens with one attached hydrogen (secondary N) is 1. The number of aliphatic hydroxyl groups excluding tert-OH is 1. The molecule has 0 radical (unpaired) electrons. The maximum atomic E-state index is 8.99. The number of aliphatic hydroxyl groups is 1. The minimum Gasteiger partial charge on any atom is -0.392 e. The molecule has 2 nitrogen and oxygen atoms in total. The quantitative estimate of drug-likeness (QED) is 0.661. The molecule has 0 unspecified atom stereocenters. The predicted molar refractivity (Wildman–Crippen MR) is 50.7 cm³/mol. The molecule has 66 valence electrons. The molecule has 0 amide bonds. The van der Waals surface area contributed by atoms with Gasteiger partial charge in [-0.3, -0.25) is 0 Å². The minimum atomic E-state index is 0.127. The van der Waals surface area contributed by atoms with Crippen LogP contribution in [0.1, 0.15) is 13.3 Å². The summed E-state index contributed by atoms with van der Waals surface area (Å²) in [5, 5.41) is 12.1.